The van der Waals surface area contributed by atoms with Gasteiger partial charge >= 0.3 is 0 Å². The predicted octanol–water partition coefficient (Wildman–Crippen LogP) is 0.760. The molecule has 0 spiro atoms. The van der Waals surface area contributed by atoms with Crippen LogP contribution in [0.3, 0.4) is 0 Å². The monoisotopic (exact) mass is 273 g/mol. The molecule has 1 saturated heterocycles. The Bertz CT molecular complexity index is 519. The molecule has 5 heteroatoms. The molecular formula is C15H19N3O2. The van der Waals surface area contributed by atoms with Gasteiger partial charge in [-0.05, 0) is 18.1 Å². The predicted molar refractivity (Wildman–Crippen MR) is 76.4 cm³/mol. The first-order valence-electron chi connectivity index (χ1n) is 7.04. The number of nitrogens with one attached hydrogen (secondary N) is 2. The summed E-state index contributed by atoms with van der Waals surface area (Å²) in [6.45, 7) is 2.85. The van der Waals surface area contributed by atoms with Crippen LogP contribution < -0.4 is 10.6 Å². The molecule has 0 aliphatic carbocycles. The Morgan fingerprint density at radius 3 is 2.90 bits per heavy atom. The highest BCUT2D eigenvalue weighted by molar-refractivity contribution is 5.87. The highest BCUT2D eigenvalue weighted by Crippen LogP contribution is 2.26. The summed E-state index contributed by atoms with van der Waals surface area (Å²) < 4.78 is 0. The number of nitrogens with zero attached hydrogens (tertiary/aromatic N) is 1. The van der Waals surface area contributed by atoms with E-state index in [2.05, 4.69) is 16.7 Å². The number of benzene rings is 1. The molecule has 106 valence electrons. The molecule has 2 heterocycles. The van der Waals surface area contributed by atoms with Gasteiger partial charge in [-0.15, -0.1) is 0 Å². The summed E-state index contributed by atoms with van der Waals surface area (Å²) >= 11 is 0. The molecule has 3 rings (SSSR count). The van der Waals surface area contributed by atoms with Crippen molar-refractivity contribution in [2.24, 2.45) is 0 Å². The average Bonchev–Trinajstić information content (AvgIpc) is 3.03. The molecule has 2 atom stereocenters. The summed E-state index contributed by atoms with van der Waals surface area (Å²) in [4.78, 5) is 25.4. The minimum Gasteiger partial charge on any atom is -0.373 e. The quantitative estimate of drug-likeness (QED) is 0.836. The van der Waals surface area contributed by atoms with E-state index < -0.39 is 0 Å². The van der Waals surface area contributed by atoms with Gasteiger partial charge in [0.05, 0.1) is 0 Å². The van der Waals surface area contributed by atoms with Crippen LogP contribution in [0.5, 0.6) is 0 Å². The Morgan fingerprint density at radius 1 is 1.35 bits per heavy atom. The van der Waals surface area contributed by atoms with Crippen LogP contribution in [-0.2, 0) is 16.0 Å². The van der Waals surface area contributed by atoms with Gasteiger partial charge in [-0.2, -0.15) is 0 Å². The summed E-state index contributed by atoms with van der Waals surface area (Å²) in [5, 5.41) is 6.17. The topological polar surface area (TPSA) is 61.4 Å². The molecular weight excluding hydrogens is 254 g/mol. The lowest BCUT2D eigenvalue weighted by atomic mass is 10.1. The number of para-hydroxylation sites is 1. The summed E-state index contributed by atoms with van der Waals surface area (Å²) in [5.41, 5.74) is 2.26. The molecule has 2 N–H and O–H groups in total. The lowest BCUT2D eigenvalue weighted by Crippen LogP contribution is -2.43. The number of hydrogen-bond donors (Lipinski definition) is 2. The maximum absolute atomic E-state index is 12.5. The van der Waals surface area contributed by atoms with Crippen molar-refractivity contribution in [1.29, 1.82) is 0 Å². The van der Waals surface area contributed by atoms with Crippen LogP contribution in [0.4, 0.5) is 5.69 Å². The number of carbonyl (C=O) groups is 2. The van der Waals surface area contributed by atoms with Gasteiger partial charge in [-0.3, -0.25) is 9.59 Å². The van der Waals surface area contributed by atoms with E-state index in [4.69, 9.17) is 0 Å². The van der Waals surface area contributed by atoms with Crippen molar-refractivity contribution in [3.05, 3.63) is 29.8 Å². The molecule has 0 aromatic heterocycles. The van der Waals surface area contributed by atoms with Gasteiger partial charge in [0.25, 0.3) is 0 Å². The van der Waals surface area contributed by atoms with E-state index in [1.54, 1.807) is 0 Å². The van der Waals surface area contributed by atoms with E-state index in [1.807, 2.05) is 23.1 Å². The van der Waals surface area contributed by atoms with Crippen LogP contribution in [0.25, 0.3) is 0 Å². The fourth-order valence-corrected chi connectivity index (χ4v) is 3.03. The van der Waals surface area contributed by atoms with Gasteiger partial charge in [0.2, 0.25) is 11.8 Å². The van der Waals surface area contributed by atoms with Crippen LogP contribution in [0.2, 0.25) is 0 Å². The Labute approximate surface area is 118 Å². The van der Waals surface area contributed by atoms with E-state index in [0.717, 1.165) is 25.1 Å². The maximum atomic E-state index is 12.5. The smallest absolute Gasteiger partial charge is 0.245 e. The van der Waals surface area contributed by atoms with Crippen molar-refractivity contribution >= 4 is 17.5 Å². The average molecular weight is 273 g/mol. The molecule has 0 saturated carbocycles. The second-order valence-electron chi connectivity index (χ2n) is 5.53. The summed E-state index contributed by atoms with van der Waals surface area (Å²) in [5.74, 6) is 0.102. The highest BCUT2D eigenvalue weighted by Gasteiger charge is 2.34. The molecule has 2 amide bonds. The number of rotatable bonds is 2. The molecule has 0 radical (unpaired) electrons. The second kappa shape index (κ2) is 5.15. The Morgan fingerprint density at radius 2 is 2.15 bits per heavy atom. The van der Waals surface area contributed by atoms with Gasteiger partial charge < -0.3 is 15.5 Å². The van der Waals surface area contributed by atoms with Crippen LogP contribution in [0, 0.1) is 0 Å². The standard InChI is InChI=1S/C15H19N3O2/c1-10(19)16-12-6-7-18(9-12)15(20)14-8-11-4-2-3-5-13(11)17-14/h2-5,12,14,17H,6-9H2,1H3,(H,16,19). The molecule has 20 heavy (non-hydrogen) atoms. The minimum absolute atomic E-state index is 0.0318. The zero-order valence-corrected chi connectivity index (χ0v) is 11.6. The first-order chi connectivity index (χ1) is 9.63. The lowest BCUT2D eigenvalue weighted by Gasteiger charge is -2.21. The lowest BCUT2D eigenvalue weighted by molar-refractivity contribution is -0.131. The third-order valence-corrected chi connectivity index (χ3v) is 3.98. The van der Waals surface area contributed by atoms with Crippen LogP contribution >= 0.6 is 0 Å². The van der Waals surface area contributed by atoms with Crippen molar-refractivity contribution in [3.8, 4) is 0 Å². The van der Waals surface area contributed by atoms with Crippen molar-refractivity contribution in [2.75, 3.05) is 18.4 Å². The fourth-order valence-electron chi connectivity index (χ4n) is 3.03. The van der Waals surface area contributed by atoms with E-state index >= 15 is 0 Å². The Hall–Kier alpha value is -2.04. The van der Waals surface area contributed by atoms with Gasteiger partial charge in [0, 0.05) is 38.2 Å². The summed E-state index contributed by atoms with van der Waals surface area (Å²) in [7, 11) is 0. The molecule has 1 aromatic rings. The number of anilines is 1. The van der Waals surface area contributed by atoms with Gasteiger partial charge in [-0.25, -0.2) is 0 Å². The molecule has 5 nitrogen and oxygen atoms in total. The molecule has 0 bridgehead atoms. The number of carbonyl (C=O) groups excluding carboxylic acids is 2. The van der Waals surface area contributed by atoms with E-state index in [1.165, 1.54) is 12.5 Å². The third-order valence-electron chi connectivity index (χ3n) is 3.98. The van der Waals surface area contributed by atoms with E-state index in [9.17, 15) is 9.59 Å². The zero-order valence-electron chi connectivity index (χ0n) is 11.6. The molecule has 1 aromatic carbocycles. The van der Waals surface area contributed by atoms with Crippen molar-refractivity contribution in [1.82, 2.24) is 10.2 Å². The van der Waals surface area contributed by atoms with Crippen LogP contribution in [-0.4, -0.2) is 41.9 Å². The number of fused-ring (bicyclic) bond motifs is 1. The minimum atomic E-state index is -0.163. The van der Waals surface area contributed by atoms with Crippen molar-refractivity contribution < 1.29 is 9.59 Å². The van der Waals surface area contributed by atoms with Gasteiger partial charge in [0.1, 0.15) is 6.04 Å². The van der Waals surface area contributed by atoms with Crippen LogP contribution in [0.1, 0.15) is 18.9 Å². The molecule has 1 fully saturated rings. The number of likely N-dealkylation sites (tertiary alicyclic amines) is 1. The maximum Gasteiger partial charge on any atom is 0.245 e. The zero-order chi connectivity index (χ0) is 14.1. The Balaban J connectivity index is 1.60. The SMILES string of the molecule is CC(=O)NC1CCN(C(=O)C2Cc3ccccc3N2)C1. The number of hydrogen-bond acceptors (Lipinski definition) is 3. The van der Waals surface area contributed by atoms with Crippen molar-refractivity contribution in [2.45, 2.75) is 31.8 Å². The van der Waals surface area contributed by atoms with Gasteiger partial charge in [0.15, 0.2) is 0 Å². The molecule has 2 aliphatic rings. The molecule has 2 unspecified atom stereocenters. The summed E-state index contributed by atoms with van der Waals surface area (Å²) in [6, 6.07) is 7.97. The highest BCUT2D eigenvalue weighted by atomic mass is 16.2. The third kappa shape index (κ3) is 2.48. The second-order valence-corrected chi connectivity index (χ2v) is 5.53. The molecule has 2 aliphatic heterocycles. The summed E-state index contributed by atoms with van der Waals surface area (Å²) in [6.07, 6.45) is 1.58. The normalized spacial score (nSPS) is 24.1. The first-order valence-corrected chi connectivity index (χ1v) is 7.04. The fraction of sp³-hybridized carbons (Fsp3) is 0.467. The Kier molecular flexibility index (Phi) is 3.34. The van der Waals surface area contributed by atoms with Gasteiger partial charge in [-0.1, -0.05) is 18.2 Å². The van der Waals surface area contributed by atoms with Crippen molar-refractivity contribution in [3.63, 3.8) is 0 Å². The largest absolute Gasteiger partial charge is 0.373 e. The van der Waals surface area contributed by atoms with E-state index in [-0.39, 0.29) is 23.9 Å². The first kappa shape index (κ1) is 13.0. The van der Waals surface area contributed by atoms with Crippen LogP contribution in [0.15, 0.2) is 24.3 Å². The number of amides is 2. The van der Waals surface area contributed by atoms with E-state index in [0.29, 0.717) is 6.54 Å².